The van der Waals surface area contributed by atoms with Crippen molar-refractivity contribution in [3.8, 4) is 5.75 Å². The molecular weight excluding hydrogens is 308 g/mol. The molecule has 6 nitrogen and oxygen atoms in total. The van der Waals surface area contributed by atoms with E-state index in [9.17, 15) is 9.59 Å². The van der Waals surface area contributed by atoms with E-state index in [1.165, 1.54) is 31.4 Å². The Kier molecular flexibility index (Phi) is 4.85. The number of ether oxygens (including phenoxy) is 1. The molecule has 2 aromatic carbocycles. The third-order valence-corrected chi connectivity index (χ3v) is 3.03. The number of carbonyl (C=O) groups is 2. The zero-order chi connectivity index (χ0) is 16.1. The molecular formula is C15H13ClN2O4. The summed E-state index contributed by atoms with van der Waals surface area (Å²) in [6.07, 6.45) is 0. The Morgan fingerprint density at radius 1 is 1.09 bits per heavy atom. The molecule has 0 spiro atoms. The fourth-order valence-corrected chi connectivity index (χ4v) is 1.93. The highest BCUT2D eigenvalue weighted by molar-refractivity contribution is 6.31. The molecule has 0 heterocycles. The van der Waals surface area contributed by atoms with Crippen LogP contribution in [0.1, 0.15) is 10.4 Å². The molecule has 114 valence electrons. The SMILES string of the molecule is COc1ccc(Cl)cc1NC(=O)Nc1ccc(C(=O)O)cc1. The van der Waals surface area contributed by atoms with Gasteiger partial charge in [-0.25, -0.2) is 9.59 Å². The molecule has 7 heteroatoms. The first kappa shape index (κ1) is 15.7. The Bertz CT molecular complexity index is 701. The third-order valence-electron chi connectivity index (χ3n) is 2.80. The first-order chi connectivity index (χ1) is 10.5. The molecule has 0 aromatic heterocycles. The summed E-state index contributed by atoms with van der Waals surface area (Å²) in [5, 5.41) is 14.5. The maximum absolute atomic E-state index is 11.9. The van der Waals surface area contributed by atoms with Crippen molar-refractivity contribution in [3.63, 3.8) is 0 Å². The summed E-state index contributed by atoms with van der Waals surface area (Å²) in [6, 6.07) is 10.1. The van der Waals surface area contributed by atoms with Gasteiger partial charge in [0.1, 0.15) is 5.75 Å². The molecule has 0 aliphatic carbocycles. The Morgan fingerprint density at radius 3 is 2.36 bits per heavy atom. The highest BCUT2D eigenvalue weighted by atomic mass is 35.5. The number of hydrogen-bond acceptors (Lipinski definition) is 3. The lowest BCUT2D eigenvalue weighted by molar-refractivity contribution is 0.0697. The molecule has 22 heavy (non-hydrogen) atoms. The fraction of sp³-hybridized carbons (Fsp3) is 0.0667. The number of urea groups is 1. The lowest BCUT2D eigenvalue weighted by Crippen LogP contribution is -2.19. The van der Waals surface area contributed by atoms with Crippen molar-refractivity contribution in [1.82, 2.24) is 0 Å². The number of amides is 2. The molecule has 3 N–H and O–H groups in total. The summed E-state index contributed by atoms with van der Waals surface area (Å²) >= 11 is 5.88. The van der Waals surface area contributed by atoms with Gasteiger partial charge in [0.2, 0.25) is 0 Å². The molecule has 0 aliphatic heterocycles. The number of carboxylic acid groups (broad SMARTS) is 1. The van der Waals surface area contributed by atoms with Crippen molar-refractivity contribution in [2.75, 3.05) is 17.7 Å². The maximum atomic E-state index is 11.9. The van der Waals surface area contributed by atoms with Gasteiger partial charge in [0.15, 0.2) is 0 Å². The minimum Gasteiger partial charge on any atom is -0.495 e. The van der Waals surface area contributed by atoms with E-state index in [0.29, 0.717) is 22.1 Å². The van der Waals surface area contributed by atoms with E-state index in [-0.39, 0.29) is 5.56 Å². The molecule has 0 saturated heterocycles. The smallest absolute Gasteiger partial charge is 0.335 e. The van der Waals surface area contributed by atoms with Crippen LogP contribution in [0.15, 0.2) is 42.5 Å². The van der Waals surface area contributed by atoms with Crippen LogP contribution in [0.5, 0.6) is 5.75 Å². The molecule has 2 rings (SSSR count). The molecule has 0 bridgehead atoms. The van der Waals surface area contributed by atoms with Gasteiger partial charge < -0.3 is 20.5 Å². The quantitative estimate of drug-likeness (QED) is 0.801. The molecule has 2 aromatic rings. The van der Waals surface area contributed by atoms with Gasteiger partial charge in [0.25, 0.3) is 0 Å². The average molecular weight is 321 g/mol. The molecule has 0 fully saturated rings. The van der Waals surface area contributed by atoms with E-state index < -0.39 is 12.0 Å². The number of anilines is 2. The monoisotopic (exact) mass is 320 g/mol. The third kappa shape index (κ3) is 3.89. The van der Waals surface area contributed by atoms with Crippen LogP contribution < -0.4 is 15.4 Å². The first-order valence-electron chi connectivity index (χ1n) is 6.24. The maximum Gasteiger partial charge on any atom is 0.335 e. The zero-order valence-electron chi connectivity index (χ0n) is 11.6. The second-order valence-electron chi connectivity index (χ2n) is 4.31. The van der Waals surface area contributed by atoms with Gasteiger partial charge in [-0.1, -0.05) is 11.6 Å². The van der Waals surface area contributed by atoms with Crippen LogP contribution in [0.25, 0.3) is 0 Å². The van der Waals surface area contributed by atoms with Crippen molar-refractivity contribution in [2.24, 2.45) is 0 Å². The van der Waals surface area contributed by atoms with Gasteiger partial charge in [0.05, 0.1) is 18.4 Å². The van der Waals surface area contributed by atoms with Gasteiger partial charge in [0, 0.05) is 10.7 Å². The standard InChI is InChI=1S/C15H13ClN2O4/c1-22-13-7-4-10(16)8-12(13)18-15(21)17-11-5-2-9(3-6-11)14(19)20/h2-8H,1H3,(H,19,20)(H2,17,18,21). The minimum atomic E-state index is -1.03. The summed E-state index contributed by atoms with van der Waals surface area (Å²) in [5.41, 5.74) is 1.03. The van der Waals surface area contributed by atoms with Crippen LogP contribution in [0, 0.1) is 0 Å². The highest BCUT2D eigenvalue weighted by Gasteiger charge is 2.09. The second kappa shape index (κ2) is 6.82. The Labute approximate surface area is 131 Å². The van der Waals surface area contributed by atoms with Gasteiger partial charge in [-0.3, -0.25) is 0 Å². The van der Waals surface area contributed by atoms with Crippen LogP contribution >= 0.6 is 11.6 Å². The lowest BCUT2D eigenvalue weighted by Gasteiger charge is -2.11. The summed E-state index contributed by atoms with van der Waals surface area (Å²) < 4.78 is 5.13. The number of rotatable bonds is 4. The summed E-state index contributed by atoms with van der Waals surface area (Å²) in [4.78, 5) is 22.7. The number of halogens is 1. The normalized spacial score (nSPS) is 9.91. The molecule has 0 atom stereocenters. The van der Waals surface area contributed by atoms with Crippen LogP contribution in [0.2, 0.25) is 5.02 Å². The number of hydrogen-bond donors (Lipinski definition) is 3. The number of benzene rings is 2. The van der Waals surface area contributed by atoms with E-state index in [2.05, 4.69) is 10.6 Å². The largest absolute Gasteiger partial charge is 0.495 e. The zero-order valence-corrected chi connectivity index (χ0v) is 12.3. The van der Waals surface area contributed by atoms with E-state index in [4.69, 9.17) is 21.4 Å². The Balaban J connectivity index is 2.07. The number of methoxy groups -OCH3 is 1. The van der Waals surface area contributed by atoms with E-state index in [1.54, 1.807) is 18.2 Å². The van der Waals surface area contributed by atoms with E-state index >= 15 is 0 Å². The molecule has 0 saturated carbocycles. The van der Waals surface area contributed by atoms with Crippen molar-refractivity contribution >= 4 is 35.0 Å². The summed E-state index contributed by atoms with van der Waals surface area (Å²) in [5.74, 6) is -0.555. The topological polar surface area (TPSA) is 87.7 Å². The Morgan fingerprint density at radius 2 is 1.77 bits per heavy atom. The number of nitrogens with one attached hydrogen (secondary N) is 2. The first-order valence-corrected chi connectivity index (χ1v) is 6.62. The van der Waals surface area contributed by atoms with Crippen LogP contribution in [-0.2, 0) is 0 Å². The van der Waals surface area contributed by atoms with Crippen LogP contribution in [-0.4, -0.2) is 24.2 Å². The number of carbonyl (C=O) groups excluding carboxylic acids is 1. The second-order valence-corrected chi connectivity index (χ2v) is 4.74. The summed E-state index contributed by atoms with van der Waals surface area (Å²) in [7, 11) is 1.48. The predicted molar refractivity (Wildman–Crippen MR) is 84.0 cm³/mol. The Hall–Kier alpha value is -2.73. The van der Waals surface area contributed by atoms with Crippen molar-refractivity contribution < 1.29 is 19.4 Å². The molecule has 0 radical (unpaired) electrons. The van der Waals surface area contributed by atoms with Crippen LogP contribution in [0.4, 0.5) is 16.2 Å². The van der Waals surface area contributed by atoms with Crippen molar-refractivity contribution in [3.05, 3.63) is 53.1 Å². The average Bonchev–Trinajstić information content (AvgIpc) is 2.48. The van der Waals surface area contributed by atoms with Gasteiger partial charge in [-0.05, 0) is 42.5 Å². The molecule has 0 unspecified atom stereocenters. The minimum absolute atomic E-state index is 0.141. The number of carboxylic acids is 1. The van der Waals surface area contributed by atoms with Crippen molar-refractivity contribution in [1.29, 1.82) is 0 Å². The van der Waals surface area contributed by atoms with Crippen molar-refractivity contribution in [2.45, 2.75) is 0 Å². The lowest BCUT2D eigenvalue weighted by atomic mass is 10.2. The van der Waals surface area contributed by atoms with Gasteiger partial charge in [-0.15, -0.1) is 0 Å². The highest BCUT2D eigenvalue weighted by Crippen LogP contribution is 2.27. The van der Waals surface area contributed by atoms with Gasteiger partial charge in [-0.2, -0.15) is 0 Å². The van der Waals surface area contributed by atoms with Crippen LogP contribution in [0.3, 0.4) is 0 Å². The van der Waals surface area contributed by atoms with E-state index in [0.717, 1.165) is 0 Å². The fourth-order valence-electron chi connectivity index (χ4n) is 1.76. The van der Waals surface area contributed by atoms with Gasteiger partial charge >= 0.3 is 12.0 Å². The molecule has 0 aliphatic rings. The predicted octanol–water partition coefficient (Wildman–Crippen LogP) is 3.69. The molecule has 2 amide bonds. The van der Waals surface area contributed by atoms with E-state index in [1.807, 2.05) is 0 Å². The number of aromatic carboxylic acids is 1. The summed E-state index contributed by atoms with van der Waals surface area (Å²) in [6.45, 7) is 0.